The van der Waals surface area contributed by atoms with Gasteiger partial charge in [-0.25, -0.2) is 0 Å². The predicted molar refractivity (Wildman–Crippen MR) is 88.3 cm³/mol. The van der Waals surface area contributed by atoms with Gasteiger partial charge in [-0.05, 0) is 53.1 Å². The highest BCUT2D eigenvalue weighted by molar-refractivity contribution is 7.12. The van der Waals surface area contributed by atoms with Crippen LogP contribution in [-0.2, 0) is 6.42 Å². The third-order valence-corrected chi connectivity index (χ3v) is 4.97. The molecule has 0 saturated heterocycles. The first kappa shape index (κ1) is 14.1. The largest absolute Gasteiger partial charge is 0.497 e. The third-order valence-electron chi connectivity index (χ3n) is 3.69. The molecule has 0 saturated carbocycles. The van der Waals surface area contributed by atoms with Crippen LogP contribution in [0.4, 0.5) is 0 Å². The van der Waals surface area contributed by atoms with Crippen molar-refractivity contribution in [1.82, 2.24) is 0 Å². The zero-order valence-corrected chi connectivity index (χ0v) is 13.0. The first-order chi connectivity index (χ1) is 10.2. The topological polar surface area (TPSA) is 29.5 Å². The molecular formula is C18H18O2S. The van der Waals surface area contributed by atoms with Gasteiger partial charge in [0.05, 0.1) is 7.11 Å². The van der Waals surface area contributed by atoms with Gasteiger partial charge in [-0.1, -0.05) is 25.1 Å². The first-order valence-electron chi connectivity index (χ1n) is 7.05. The van der Waals surface area contributed by atoms with Gasteiger partial charge in [0.25, 0.3) is 0 Å². The number of fused-ring (bicyclic) bond motifs is 1. The summed E-state index contributed by atoms with van der Waals surface area (Å²) in [6, 6.07) is 16.1. The maximum absolute atomic E-state index is 10.5. The van der Waals surface area contributed by atoms with Crippen molar-refractivity contribution in [2.45, 2.75) is 19.4 Å². The minimum Gasteiger partial charge on any atom is -0.497 e. The lowest BCUT2D eigenvalue weighted by Gasteiger charge is -2.11. The van der Waals surface area contributed by atoms with Crippen LogP contribution < -0.4 is 4.74 Å². The van der Waals surface area contributed by atoms with Crippen LogP contribution in [0.2, 0.25) is 0 Å². The molecule has 1 aromatic heterocycles. The molecule has 0 spiro atoms. The van der Waals surface area contributed by atoms with Crippen molar-refractivity contribution in [1.29, 1.82) is 0 Å². The molecule has 1 atom stereocenters. The molecule has 0 aliphatic carbocycles. The van der Waals surface area contributed by atoms with Gasteiger partial charge >= 0.3 is 0 Å². The van der Waals surface area contributed by atoms with Crippen LogP contribution in [0.1, 0.15) is 28.3 Å². The van der Waals surface area contributed by atoms with E-state index in [4.69, 9.17) is 4.74 Å². The van der Waals surface area contributed by atoms with Gasteiger partial charge in [-0.3, -0.25) is 0 Å². The summed E-state index contributed by atoms with van der Waals surface area (Å²) in [7, 11) is 1.67. The molecule has 0 bridgehead atoms. The molecule has 1 N–H and O–H groups in total. The van der Waals surface area contributed by atoms with E-state index in [9.17, 15) is 5.11 Å². The minimum absolute atomic E-state index is 0.554. The number of aryl methyl sites for hydroxylation is 1. The van der Waals surface area contributed by atoms with Gasteiger partial charge in [-0.15, -0.1) is 11.3 Å². The maximum atomic E-state index is 10.5. The smallest absolute Gasteiger partial charge is 0.119 e. The van der Waals surface area contributed by atoms with Gasteiger partial charge in [0, 0.05) is 9.75 Å². The Bertz CT molecular complexity index is 761. The van der Waals surface area contributed by atoms with E-state index in [-0.39, 0.29) is 0 Å². The predicted octanol–water partition coefficient (Wildman–Crippen LogP) is 4.55. The zero-order chi connectivity index (χ0) is 14.8. The van der Waals surface area contributed by atoms with Crippen LogP contribution in [0.3, 0.4) is 0 Å². The SMILES string of the molecule is CCc1ccc(C(O)c2ccc3cc(OC)ccc3c2)s1. The van der Waals surface area contributed by atoms with Crippen molar-refractivity contribution in [2.75, 3.05) is 7.11 Å². The number of benzene rings is 2. The molecule has 3 heteroatoms. The second-order valence-corrected chi connectivity index (χ2v) is 6.23. The molecule has 0 radical (unpaired) electrons. The highest BCUT2D eigenvalue weighted by atomic mass is 32.1. The van der Waals surface area contributed by atoms with E-state index < -0.39 is 6.10 Å². The van der Waals surface area contributed by atoms with E-state index in [1.54, 1.807) is 18.4 Å². The van der Waals surface area contributed by atoms with Gasteiger partial charge < -0.3 is 9.84 Å². The Morgan fingerprint density at radius 3 is 2.52 bits per heavy atom. The quantitative estimate of drug-likeness (QED) is 0.765. The summed E-state index contributed by atoms with van der Waals surface area (Å²) in [5.74, 6) is 0.849. The minimum atomic E-state index is -0.554. The van der Waals surface area contributed by atoms with Crippen LogP contribution in [0.5, 0.6) is 5.75 Å². The summed E-state index contributed by atoms with van der Waals surface area (Å²) < 4.78 is 5.24. The molecule has 2 nitrogen and oxygen atoms in total. The summed E-state index contributed by atoms with van der Waals surface area (Å²) >= 11 is 1.68. The lowest BCUT2D eigenvalue weighted by Crippen LogP contribution is -1.96. The average Bonchev–Trinajstić information content (AvgIpc) is 3.02. The van der Waals surface area contributed by atoms with Crippen molar-refractivity contribution in [3.8, 4) is 5.75 Å². The molecule has 1 unspecified atom stereocenters. The fraction of sp³-hybridized carbons (Fsp3) is 0.222. The molecule has 21 heavy (non-hydrogen) atoms. The molecule has 0 amide bonds. The Labute approximate surface area is 128 Å². The lowest BCUT2D eigenvalue weighted by atomic mass is 10.0. The first-order valence-corrected chi connectivity index (χ1v) is 7.87. The number of thiophene rings is 1. The van der Waals surface area contributed by atoms with E-state index in [1.807, 2.05) is 42.5 Å². The van der Waals surface area contributed by atoms with Crippen LogP contribution in [0.25, 0.3) is 10.8 Å². The van der Waals surface area contributed by atoms with E-state index in [0.717, 1.165) is 33.4 Å². The van der Waals surface area contributed by atoms with Crippen molar-refractivity contribution >= 4 is 22.1 Å². The highest BCUT2D eigenvalue weighted by Gasteiger charge is 2.13. The van der Waals surface area contributed by atoms with Crippen molar-refractivity contribution in [3.63, 3.8) is 0 Å². The number of ether oxygens (including phenoxy) is 1. The molecule has 0 aliphatic heterocycles. The fourth-order valence-electron chi connectivity index (χ4n) is 2.44. The van der Waals surface area contributed by atoms with Crippen LogP contribution >= 0.6 is 11.3 Å². The standard InChI is InChI=1S/C18H18O2S/c1-3-16-8-9-17(21-16)18(19)14-5-4-13-11-15(20-2)7-6-12(13)10-14/h4-11,18-19H,3H2,1-2H3. The lowest BCUT2D eigenvalue weighted by molar-refractivity contribution is 0.224. The van der Waals surface area contributed by atoms with Crippen molar-refractivity contribution in [3.05, 3.63) is 63.8 Å². The number of hydrogen-bond donors (Lipinski definition) is 1. The number of aliphatic hydroxyl groups is 1. The summed E-state index contributed by atoms with van der Waals surface area (Å²) in [6.45, 7) is 2.13. The maximum Gasteiger partial charge on any atom is 0.119 e. The number of hydrogen-bond acceptors (Lipinski definition) is 3. The summed E-state index contributed by atoms with van der Waals surface area (Å²) in [5.41, 5.74) is 0.928. The Morgan fingerprint density at radius 1 is 1.05 bits per heavy atom. The fourth-order valence-corrected chi connectivity index (χ4v) is 3.40. The Balaban J connectivity index is 1.96. The Hall–Kier alpha value is -1.84. The van der Waals surface area contributed by atoms with Crippen LogP contribution in [-0.4, -0.2) is 12.2 Å². The van der Waals surface area contributed by atoms with E-state index in [1.165, 1.54) is 4.88 Å². The van der Waals surface area contributed by atoms with Gasteiger partial charge in [0.2, 0.25) is 0 Å². The molecule has 0 aliphatic rings. The van der Waals surface area contributed by atoms with Crippen molar-refractivity contribution < 1.29 is 9.84 Å². The van der Waals surface area contributed by atoms with Gasteiger partial charge in [-0.2, -0.15) is 0 Å². The molecule has 3 rings (SSSR count). The Morgan fingerprint density at radius 2 is 1.81 bits per heavy atom. The molecule has 3 aromatic rings. The summed E-state index contributed by atoms with van der Waals surface area (Å²) in [4.78, 5) is 2.30. The second-order valence-electron chi connectivity index (χ2n) is 5.03. The van der Waals surface area contributed by atoms with Crippen molar-refractivity contribution in [2.24, 2.45) is 0 Å². The van der Waals surface area contributed by atoms with Crippen LogP contribution in [0.15, 0.2) is 48.5 Å². The average molecular weight is 298 g/mol. The Kier molecular flexibility index (Phi) is 3.95. The molecule has 108 valence electrons. The third kappa shape index (κ3) is 2.80. The number of methoxy groups -OCH3 is 1. The molecule has 2 aromatic carbocycles. The number of aliphatic hydroxyl groups excluding tert-OH is 1. The second kappa shape index (κ2) is 5.88. The van der Waals surface area contributed by atoms with E-state index in [2.05, 4.69) is 13.0 Å². The van der Waals surface area contributed by atoms with E-state index in [0.29, 0.717) is 0 Å². The number of rotatable bonds is 4. The monoisotopic (exact) mass is 298 g/mol. The highest BCUT2D eigenvalue weighted by Crippen LogP contribution is 2.31. The molecule has 1 heterocycles. The normalized spacial score (nSPS) is 12.5. The molecular weight excluding hydrogens is 280 g/mol. The van der Waals surface area contributed by atoms with Gasteiger partial charge in [0.1, 0.15) is 11.9 Å². The van der Waals surface area contributed by atoms with Crippen LogP contribution in [0, 0.1) is 0 Å². The van der Waals surface area contributed by atoms with E-state index >= 15 is 0 Å². The summed E-state index contributed by atoms with van der Waals surface area (Å²) in [5, 5.41) is 12.8. The summed E-state index contributed by atoms with van der Waals surface area (Å²) in [6.07, 6.45) is 0.455. The zero-order valence-electron chi connectivity index (χ0n) is 12.2. The van der Waals surface area contributed by atoms with Gasteiger partial charge in [0.15, 0.2) is 0 Å². The molecule has 0 fully saturated rings.